The Balaban J connectivity index is 1.25. The second kappa shape index (κ2) is 10.5. The van der Waals surface area contributed by atoms with Crippen LogP contribution in [0, 0.1) is 0 Å². The van der Waals surface area contributed by atoms with E-state index >= 15 is 0 Å². The standard InChI is InChI=1S/C45H34GeNPS/c1-46(2)39-24-12-15-27-43(39)48(49,32-16-4-3-5-17-32)44-29-28-31(30-40(44)46)47-41-25-13-10-22-37(41)45(38-23-11-14-26-42(38)47)35-20-8-6-18-33(35)34-19-7-9-21-36(34)45/h3-30H,1-2H3. The average Bonchev–Trinajstić information content (AvgIpc) is 3.45. The molecule has 0 saturated carbocycles. The zero-order valence-corrected chi connectivity index (χ0v) is 31.3. The van der Waals surface area contributed by atoms with Crippen molar-refractivity contribution in [2.45, 2.75) is 16.9 Å². The van der Waals surface area contributed by atoms with Gasteiger partial charge in [-0.25, -0.2) is 0 Å². The van der Waals surface area contributed by atoms with Gasteiger partial charge in [-0.05, 0) is 0 Å². The topological polar surface area (TPSA) is 3.24 Å². The number of anilines is 3. The van der Waals surface area contributed by atoms with Crippen LogP contribution in [0.25, 0.3) is 11.1 Å². The molecule has 1 spiro atoms. The first kappa shape index (κ1) is 29.4. The Bertz CT molecular complexity index is 2440. The van der Waals surface area contributed by atoms with Gasteiger partial charge in [0.2, 0.25) is 0 Å². The van der Waals surface area contributed by atoms with E-state index in [2.05, 4.69) is 186 Å². The van der Waals surface area contributed by atoms with E-state index < -0.39 is 24.7 Å². The van der Waals surface area contributed by atoms with Gasteiger partial charge in [0.25, 0.3) is 0 Å². The third-order valence-electron chi connectivity index (χ3n) is 11.3. The summed E-state index contributed by atoms with van der Waals surface area (Å²) >= 11 is 4.14. The number of rotatable bonds is 2. The molecule has 10 rings (SSSR count). The van der Waals surface area contributed by atoms with E-state index in [9.17, 15) is 0 Å². The van der Waals surface area contributed by atoms with Crippen LogP contribution in [0.3, 0.4) is 0 Å². The van der Waals surface area contributed by atoms with Crippen molar-refractivity contribution in [2.24, 2.45) is 0 Å². The van der Waals surface area contributed by atoms with Gasteiger partial charge in [0.1, 0.15) is 0 Å². The first-order valence-electron chi connectivity index (χ1n) is 17.1. The summed E-state index contributed by atoms with van der Waals surface area (Å²) in [5, 5.41) is 4.06. The maximum absolute atomic E-state index is 6.93. The fourth-order valence-electron chi connectivity index (χ4n) is 9.25. The Hall–Kier alpha value is -4.47. The predicted octanol–water partition coefficient (Wildman–Crippen LogP) is 8.72. The summed E-state index contributed by atoms with van der Waals surface area (Å²) in [7, 11) is 0. The van der Waals surface area contributed by atoms with Gasteiger partial charge in [-0.2, -0.15) is 0 Å². The van der Waals surface area contributed by atoms with Crippen LogP contribution in [0.5, 0.6) is 0 Å². The van der Waals surface area contributed by atoms with E-state index in [-0.39, 0.29) is 0 Å². The molecule has 2 aliphatic heterocycles. The molecule has 0 bridgehead atoms. The van der Waals surface area contributed by atoms with Gasteiger partial charge >= 0.3 is 298 Å². The second-order valence-electron chi connectivity index (χ2n) is 14.0. The van der Waals surface area contributed by atoms with Crippen molar-refractivity contribution >= 4 is 72.9 Å². The first-order valence-corrected chi connectivity index (χ1v) is 26.2. The molecule has 0 saturated heterocycles. The number of nitrogens with zero attached hydrogens (tertiary/aromatic N) is 1. The summed E-state index contributed by atoms with van der Waals surface area (Å²) < 4.78 is 3.03. The van der Waals surface area contributed by atoms with Gasteiger partial charge in [-0.15, -0.1) is 0 Å². The average molecular weight is 724 g/mol. The summed E-state index contributed by atoms with van der Waals surface area (Å²) in [5.74, 6) is 5.12. The molecule has 0 aromatic heterocycles. The molecule has 49 heavy (non-hydrogen) atoms. The molecule has 2 heterocycles. The van der Waals surface area contributed by atoms with Crippen molar-refractivity contribution in [2.75, 3.05) is 4.90 Å². The van der Waals surface area contributed by atoms with Crippen LogP contribution in [0.4, 0.5) is 17.1 Å². The third kappa shape index (κ3) is 3.75. The van der Waals surface area contributed by atoms with Gasteiger partial charge in [0, 0.05) is 0 Å². The minimum atomic E-state index is -2.79. The summed E-state index contributed by atoms with van der Waals surface area (Å²) in [4.78, 5) is 2.53. The van der Waals surface area contributed by atoms with Crippen molar-refractivity contribution in [1.82, 2.24) is 0 Å². The summed E-state index contributed by atoms with van der Waals surface area (Å²) in [6, 6.07) is 61.4. The quantitative estimate of drug-likeness (QED) is 0.130. The first-order chi connectivity index (χ1) is 24.0. The van der Waals surface area contributed by atoms with E-state index in [4.69, 9.17) is 11.8 Å². The molecule has 3 aliphatic rings. The van der Waals surface area contributed by atoms with Crippen molar-refractivity contribution in [1.29, 1.82) is 0 Å². The van der Waals surface area contributed by atoms with Gasteiger partial charge in [0.15, 0.2) is 0 Å². The molecule has 1 unspecified atom stereocenters. The summed E-state index contributed by atoms with van der Waals surface area (Å²) in [6.45, 7) is 0. The van der Waals surface area contributed by atoms with Gasteiger partial charge in [-0.3, -0.25) is 0 Å². The Kier molecular flexibility index (Phi) is 6.32. The summed E-state index contributed by atoms with van der Waals surface area (Å²) in [5.41, 5.74) is 11.3. The van der Waals surface area contributed by atoms with Crippen molar-refractivity contribution in [3.63, 3.8) is 0 Å². The van der Waals surface area contributed by atoms with Crippen LogP contribution in [0.1, 0.15) is 22.3 Å². The monoisotopic (exact) mass is 725 g/mol. The van der Waals surface area contributed by atoms with E-state index in [0.717, 1.165) is 0 Å². The molecular weight excluding hydrogens is 690 g/mol. The normalized spacial score (nSPS) is 18.4. The molecule has 7 aromatic rings. The maximum atomic E-state index is 6.93. The Morgan fingerprint density at radius 2 is 0.980 bits per heavy atom. The molecule has 1 aliphatic carbocycles. The number of benzene rings is 7. The van der Waals surface area contributed by atoms with Crippen LogP contribution in [-0.2, 0) is 17.2 Å². The molecule has 1 nitrogen and oxygen atoms in total. The van der Waals surface area contributed by atoms with Gasteiger partial charge < -0.3 is 0 Å². The predicted molar refractivity (Wildman–Crippen MR) is 215 cm³/mol. The fraction of sp³-hybridized carbons (Fsp3) is 0.0667. The zero-order chi connectivity index (χ0) is 33.0. The molecule has 1 atom stereocenters. The van der Waals surface area contributed by atoms with Crippen LogP contribution in [-0.4, -0.2) is 13.3 Å². The molecule has 4 heteroatoms. The fourth-order valence-corrected chi connectivity index (χ4v) is 25.2. The minimum absolute atomic E-state index is 0.407. The van der Waals surface area contributed by atoms with E-state index in [1.165, 1.54) is 75.1 Å². The van der Waals surface area contributed by atoms with E-state index in [1.807, 2.05) is 0 Å². The molecule has 0 fully saturated rings. The molecule has 0 radical (unpaired) electrons. The molecule has 0 N–H and O–H groups in total. The molecule has 0 amide bonds. The van der Waals surface area contributed by atoms with E-state index in [0.29, 0.717) is 0 Å². The zero-order valence-electron chi connectivity index (χ0n) is 27.5. The van der Waals surface area contributed by atoms with Crippen LogP contribution in [0.15, 0.2) is 170 Å². The van der Waals surface area contributed by atoms with Crippen molar-refractivity contribution in [3.05, 3.63) is 192 Å². The SMILES string of the molecule is [CH3][Ge]1([CH3])[c]2ccccc2P(=S)(c2ccccc2)c2ccc(N3c4ccccc4C4(c5ccccc5-c5ccccc54)c4ccccc43)c[c]21. The third-order valence-corrected chi connectivity index (χ3v) is 24.6. The number of hydrogen-bond acceptors (Lipinski definition) is 2. The van der Waals surface area contributed by atoms with Crippen LogP contribution in [0.2, 0.25) is 11.5 Å². The Morgan fingerprint density at radius 3 is 1.61 bits per heavy atom. The summed E-state index contributed by atoms with van der Waals surface area (Å²) in [6.07, 6.45) is 0. The Morgan fingerprint density at radius 1 is 0.490 bits per heavy atom. The van der Waals surface area contributed by atoms with Crippen molar-refractivity contribution < 1.29 is 0 Å². The Labute approximate surface area is 296 Å². The number of hydrogen-bond donors (Lipinski definition) is 0. The second-order valence-corrected chi connectivity index (χ2v) is 27.4. The van der Waals surface area contributed by atoms with Gasteiger partial charge in [0.05, 0.1) is 0 Å². The molecule has 234 valence electrons. The van der Waals surface area contributed by atoms with Crippen LogP contribution < -0.4 is 29.6 Å². The number of para-hydroxylation sites is 2. The molecular formula is C45H34GeNPS. The van der Waals surface area contributed by atoms with E-state index in [1.54, 1.807) is 0 Å². The van der Waals surface area contributed by atoms with Gasteiger partial charge in [-0.1, -0.05) is 0 Å². The van der Waals surface area contributed by atoms with Crippen LogP contribution >= 0.6 is 6.04 Å². The molecule has 7 aromatic carbocycles. The van der Waals surface area contributed by atoms with Crippen molar-refractivity contribution in [3.8, 4) is 11.1 Å². The number of fused-ring (bicyclic) bond motifs is 11.